The maximum atomic E-state index is 13.2. The quantitative estimate of drug-likeness (QED) is 0.220. The zero-order chi connectivity index (χ0) is 33.6. The van der Waals surface area contributed by atoms with Crippen LogP contribution in [-0.4, -0.2) is 69.7 Å². The third kappa shape index (κ3) is 8.96. The number of aromatic nitrogens is 2. The standard InChI is InChI=1S/C36H47N5O5S/c1-36(2,3)31-14-13-30(47-31)34(44)39-28(33(43)40-29(22-42)35(45)46)19-23-9-11-26(12-10-23)32-37-20-27(21-38-32)41-17-15-25(16-18-41)24-7-5-4-6-8-24/h9-14,20-21,24-25,28-29,42H,4-8,15-19,22H2,1-3H3,(H,39,44)(H,40,43)(H,45,46). The fourth-order valence-electron chi connectivity index (χ4n) is 6.65. The molecule has 5 rings (SSSR count). The van der Waals surface area contributed by atoms with Gasteiger partial charge in [0.15, 0.2) is 5.82 Å². The van der Waals surface area contributed by atoms with E-state index in [-0.39, 0.29) is 11.8 Å². The van der Waals surface area contributed by atoms with Gasteiger partial charge in [-0.15, -0.1) is 11.3 Å². The van der Waals surface area contributed by atoms with Gasteiger partial charge in [0, 0.05) is 30.0 Å². The molecule has 47 heavy (non-hydrogen) atoms. The Kier molecular flexibility index (Phi) is 11.3. The summed E-state index contributed by atoms with van der Waals surface area (Å²) >= 11 is 1.35. The van der Waals surface area contributed by atoms with Crippen LogP contribution in [0.25, 0.3) is 11.4 Å². The van der Waals surface area contributed by atoms with Crippen molar-refractivity contribution >= 4 is 34.8 Å². The van der Waals surface area contributed by atoms with Gasteiger partial charge in [0.1, 0.15) is 12.1 Å². The van der Waals surface area contributed by atoms with E-state index in [0.717, 1.165) is 46.6 Å². The van der Waals surface area contributed by atoms with Crippen LogP contribution in [0.15, 0.2) is 48.8 Å². The number of amides is 2. The van der Waals surface area contributed by atoms with Gasteiger partial charge in [0.05, 0.1) is 29.6 Å². The Bertz CT molecular complexity index is 1500. The molecule has 0 radical (unpaired) electrons. The van der Waals surface area contributed by atoms with Crippen LogP contribution in [0.3, 0.4) is 0 Å². The van der Waals surface area contributed by atoms with Crippen molar-refractivity contribution in [2.45, 2.75) is 89.6 Å². The molecule has 2 fully saturated rings. The van der Waals surface area contributed by atoms with Crippen molar-refractivity contribution in [3.63, 3.8) is 0 Å². The molecule has 252 valence electrons. The maximum absolute atomic E-state index is 13.2. The van der Waals surface area contributed by atoms with E-state index in [0.29, 0.717) is 10.7 Å². The molecular weight excluding hydrogens is 614 g/mol. The molecule has 1 aliphatic carbocycles. The van der Waals surface area contributed by atoms with E-state index in [9.17, 15) is 24.6 Å². The summed E-state index contributed by atoms with van der Waals surface area (Å²) in [6.45, 7) is 7.48. The Morgan fingerprint density at radius 3 is 2.11 bits per heavy atom. The lowest BCUT2D eigenvalue weighted by Crippen LogP contribution is -2.53. The predicted octanol–water partition coefficient (Wildman–Crippen LogP) is 5.20. The number of aliphatic hydroxyl groups is 1. The van der Waals surface area contributed by atoms with Gasteiger partial charge in [-0.05, 0) is 47.8 Å². The molecule has 1 saturated carbocycles. The van der Waals surface area contributed by atoms with Crippen LogP contribution in [0.1, 0.15) is 85.8 Å². The number of carboxylic acid groups (broad SMARTS) is 1. The lowest BCUT2D eigenvalue weighted by atomic mass is 9.76. The number of hydrogen-bond donors (Lipinski definition) is 4. The predicted molar refractivity (Wildman–Crippen MR) is 184 cm³/mol. The highest BCUT2D eigenvalue weighted by Gasteiger charge is 2.29. The molecule has 1 saturated heterocycles. The fourth-order valence-corrected chi connectivity index (χ4v) is 7.62. The summed E-state index contributed by atoms with van der Waals surface area (Å²) in [5.41, 5.74) is 2.48. The van der Waals surface area contributed by atoms with Crippen LogP contribution in [-0.2, 0) is 21.4 Å². The third-order valence-corrected chi connectivity index (χ3v) is 11.0. The van der Waals surface area contributed by atoms with Crippen molar-refractivity contribution in [3.05, 3.63) is 64.1 Å². The summed E-state index contributed by atoms with van der Waals surface area (Å²) in [7, 11) is 0. The molecule has 2 atom stereocenters. The summed E-state index contributed by atoms with van der Waals surface area (Å²) in [5.74, 6) is -0.145. The minimum absolute atomic E-state index is 0.115. The highest BCUT2D eigenvalue weighted by Crippen LogP contribution is 2.36. The van der Waals surface area contributed by atoms with Gasteiger partial charge in [-0.25, -0.2) is 14.8 Å². The lowest BCUT2D eigenvalue weighted by Gasteiger charge is -2.38. The van der Waals surface area contributed by atoms with Gasteiger partial charge in [-0.1, -0.05) is 77.1 Å². The van der Waals surface area contributed by atoms with E-state index in [1.165, 1.54) is 56.3 Å². The van der Waals surface area contributed by atoms with Crippen molar-refractivity contribution in [1.82, 2.24) is 20.6 Å². The molecule has 2 aromatic heterocycles. The Morgan fingerprint density at radius 1 is 0.894 bits per heavy atom. The second-order valence-corrected chi connectivity index (χ2v) is 15.0. The average molecular weight is 662 g/mol. The largest absolute Gasteiger partial charge is 0.480 e. The first-order chi connectivity index (χ1) is 22.5. The van der Waals surface area contributed by atoms with Crippen molar-refractivity contribution in [3.8, 4) is 11.4 Å². The minimum atomic E-state index is -1.48. The number of hydrogen-bond acceptors (Lipinski definition) is 8. The molecule has 4 N–H and O–H groups in total. The van der Waals surface area contributed by atoms with Gasteiger partial charge in [0.25, 0.3) is 5.91 Å². The number of piperidine rings is 1. The summed E-state index contributed by atoms with van der Waals surface area (Å²) in [6, 6.07) is 8.51. The maximum Gasteiger partial charge on any atom is 0.328 e. The molecule has 3 aromatic rings. The number of carbonyl (C=O) groups excluding carboxylic acids is 2. The number of nitrogens with one attached hydrogen (secondary N) is 2. The molecule has 1 aromatic carbocycles. The third-order valence-electron chi connectivity index (χ3n) is 9.50. The molecule has 2 aliphatic rings. The molecule has 2 unspecified atom stereocenters. The second-order valence-electron chi connectivity index (χ2n) is 13.9. The molecule has 10 nitrogen and oxygen atoms in total. The first-order valence-electron chi connectivity index (χ1n) is 16.7. The topological polar surface area (TPSA) is 145 Å². The summed E-state index contributed by atoms with van der Waals surface area (Å²) in [4.78, 5) is 51.0. The first kappa shape index (κ1) is 34.5. The minimum Gasteiger partial charge on any atom is -0.480 e. The van der Waals surface area contributed by atoms with Crippen molar-refractivity contribution in [2.75, 3.05) is 24.6 Å². The van der Waals surface area contributed by atoms with E-state index in [4.69, 9.17) is 0 Å². The first-order valence-corrected chi connectivity index (χ1v) is 17.5. The van der Waals surface area contributed by atoms with Crippen molar-refractivity contribution in [1.29, 1.82) is 0 Å². The molecule has 0 spiro atoms. The number of nitrogens with zero attached hydrogens (tertiary/aromatic N) is 3. The van der Waals surface area contributed by atoms with Gasteiger partial charge < -0.3 is 25.7 Å². The number of anilines is 1. The van der Waals surface area contributed by atoms with E-state index < -0.39 is 36.5 Å². The van der Waals surface area contributed by atoms with Crippen LogP contribution < -0.4 is 15.5 Å². The van der Waals surface area contributed by atoms with Crippen molar-refractivity contribution in [2.24, 2.45) is 11.8 Å². The zero-order valence-electron chi connectivity index (χ0n) is 27.6. The Hall–Kier alpha value is -3.83. The SMILES string of the molecule is CC(C)(C)c1ccc(C(=O)NC(Cc2ccc(-c3ncc(N4CCC(C5CCCCC5)CC4)cn3)cc2)C(=O)NC(CO)C(=O)O)s1. The number of aliphatic hydroxyl groups excluding tert-OH is 1. The number of carboxylic acids is 1. The van der Waals surface area contributed by atoms with Crippen molar-refractivity contribution < 1.29 is 24.6 Å². The average Bonchev–Trinajstić information content (AvgIpc) is 3.59. The second kappa shape index (κ2) is 15.4. The Balaban J connectivity index is 1.23. The molecule has 11 heteroatoms. The van der Waals surface area contributed by atoms with Crippen LogP contribution in [0.5, 0.6) is 0 Å². The van der Waals surface area contributed by atoms with Crippen LogP contribution in [0, 0.1) is 11.8 Å². The molecular formula is C36H47N5O5S. The van der Waals surface area contributed by atoms with Gasteiger partial charge >= 0.3 is 5.97 Å². The van der Waals surface area contributed by atoms with E-state index in [2.05, 4.69) is 46.3 Å². The van der Waals surface area contributed by atoms with E-state index in [1.54, 1.807) is 6.07 Å². The lowest BCUT2D eigenvalue weighted by molar-refractivity contribution is -0.143. The van der Waals surface area contributed by atoms with Crippen LogP contribution >= 0.6 is 11.3 Å². The highest BCUT2D eigenvalue weighted by atomic mass is 32.1. The summed E-state index contributed by atoms with van der Waals surface area (Å²) < 4.78 is 0. The number of carbonyl (C=O) groups is 3. The van der Waals surface area contributed by atoms with E-state index in [1.807, 2.05) is 42.7 Å². The Labute approximate surface area is 281 Å². The number of rotatable bonds is 11. The molecule has 0 bridgehead atoms. The number of thiophene rings is 1. The highest BCUT2D eigenvalue weighted by molar-refractivity contribution is 7.14. The number of aliphatic carboxylic acids is 1. The van der Waals surface area contributed by atoms with Gasteiger partial charge in [-0.2, -0.15) is 0 Å². The summed E-state index contributed by atoms with van der Waals surface area (Å²) in [6.07, 6.45) is 13.3. The van der Waals surface area contributed by atoms with Gasteiger partial charge in [0.2, 0.25) is 5.91 Å². The normalized spacial score (nSPS) is 17.6. The van der Waals surface area contributed by atoms with Crippen LogP contribution in [0.4, 0.5) is 5.69 Å². The van der Waals surface area contributed by atoms with E-state index >= 15 is 0 Å². The zero-order valence-corrected chi connectivity index (χ0v) is 28.4. The summed E-state index contributed by atoms with van der Waals surface area (Å²) in [5, 5.41) is 23.9. The molecule has 3 heterocycles. The fraction of sp³-hybridized carbons (Fsp3) is 0.528. The Morgan fingerprint density at radius 2 is 1.53 bits per heavy atom. The number of benzene rings is 1. The molecule has 1 aliphatic heterocycles. The van der Waals surface area contributed by atoms with Gasteiger partial charge in [-0.3, -0.25) is 9.59 Å². The monoisotopic (exact) mass is 661 g/mol. The smallest absolute Gasteiger partial charge is 0.328 e. The van der Waals surface area contributed by atoms with Crippen LogP contribution in [0.2, 0.25) is 0 Å². The molecule has 2 amide bonds.